The van der Waals surface area contributed by atoms with Crippen molar-refractivity contribution in [2.75, 3.05) is 0 Å². The molecule has 0 heterocycles. The van der Waals surface area contributed by atoms with Crippen molar-refractivity contribution in [3.8, 4) is 0 Å². The molecule has 0 atom stereocenters. The second-order valence-electron chi connectivity index (χ2n) is 4.64. The van der Waals surface area contributed by atoms with Gasteiger partial charge in [0.2, 0.25) is 5.91 Å². The molecule has 1 amide bonds. The molecular formula is C12H17NO2. The van der Waals surface area contributed by atoms with Crippen molar-refractivity contribution in [3.63, 3.8) is 0 Å². The molecule has 0 bridgehead atoms. The van der Waals surface area contributed by atoms with Crippen LogP contribution in [0.15, 0.2) is 23.9 Å². The van der Waals surface area contributed by atoms with Crippen molar-refractivity contribution >= 4 is 11.7 Å². The van der Waals surface area contributed by atoms with Gasteiger partial charge in [0.1, 0.15) is 0 Å². The normalized spacial score (nSPS) is 20.2. The Morgan fingerprint density at radius 3 is 2.67 bits per heavy atom. The Kier molecular flexibility index (Phi) is 3.45. The first-order valence-corrected chi connectivity index (χ1v) is 5.10. The highest BCUT2D eigenvalue weighted by Crippen LogP contribution is 2.32. The van der Waals surface area contributed by atoms with Gasteiger partial charge in [-0.3, -0.25) is 9.59 Å². The molecule has 0 unspecified atom stereocenters. The third kappa shape index (κ3) is 3.70. The molecular weight excluding hydrogens is 190 g/mol. The number of rotatable bonds is 2. The maximum absolute atomic E-state index is 11.4. The first-order valence-electron chi connectivity index (χ1n) is 5.10. The summed E-state index contributed by atoms with van der Waals surface area (Å²) >= 11 is 0. The summed E-state index contributed by atoms with van der Waals surface area (Å²) in [6.45, 7) is 5.84. The number of hydrogen-bond donors (Lipinski definition) is 1. The molecule has 0 aromatic heterocycles. The summed E-state index contributed by atoms with van der Waals surface area (Å²) < 4.78 is 0. The third-order valence-corrected chi connectivity index (χ3v) is 2.26. The van der Waals surface area contributed by atoms with Crippen molar-refractivity contribution in [3.05, 3.63) is 23.9 Å². The largest absolute Gasteiger partial charge is 0.326 e. The summed E-state index contributed by atoms with van der Waals surface area (Å²) in [6.07, 6.45) is 5.95. The zero-order valence-electron chi connectivity index (χ0n) is 9.46. The highest BCUT2D eigenvalue weighted by molar-refractivity contribution is 5.94. The van der Waals surface area contributed by atoms with Gasteiger partial charge in [0.05, 0.1) is 0 Å². The van der Waals surface area contributed by atoms with E-state index in [2.05, 4.69) is 5.32 Å². The summed E-state index contributed by atoms with van der Waals surface area (Å²) in [6, 6.07) is 0. The number of hydrogen-bond acceptors (Lipinski definition) is 2. The van der Waals surface area contributed by atoms with Gasteiger partial charge in [0.15, 0.2) is 5.78 Å². The van der Waals surface area contributed by atoms with Crippen molar-refractivity contribution in [1.29, 1.82) is 0 Å². The van der Waals surface area contributed by atoms with Crippen LogP contribution in [0.2, 0.25) is 0 Å². The minimum Gasteiger partial charge on any atom is -0.326 e. The van der Waals surface area contributed by atoms with Gasteiger partial charge in [-0.1, -0.05) is 19.9 Å². The van der Waals surface area contributed by atoms with E-state index < -0.39 is 0 Å². The Morgan fingerprint density at radius 2 is 2.13 bits per heavy atom. The van der Waals surface area contributed by atoms with Crippen LogP contribution in [0.1, 0.15) is 33.6 Å². The Labute approximate surface area is 90.2 Å². The second-order valence-corrected chi connectivity index (χ2v) is 4.64. The van der Waals surface area contributed by atoms with Crippen LogP contribution >= 0.6 is 0 Å². The molecule has 1 aliphatic rings. The van der Waals surface area contributed by atoms with Gasteiger partial charge in [-0.15, -0.1) is 0 Å². The molecule has 0 aromatic rings. The average Bonchev–Trinajstić information content (AvgIpc) is 1.99. The summed E-state index contributed by atoms with van der Waals surface area (Å²) in [5.74, 6) is -0.0868. The Bertz CT molecular complexity index is 338. The van der Waals surface area contributed by atoms with Crippen LogP contribution in [0.25, 0.3) is 0 Å². The molecule has 82 valence electrons. The lowest BCUT2D eigenvalue weighted by Gasteiger charge is -2.28. The molecule has 0 spiro atoms. The SMILES string of the molecule is CC=CC(=O)NC1=CC(=O)CC(C)(C)C1. The van der Waals surface area contributed by atoms with E-state index in [1.54, 1.807) is 13.0 Å². The maximum Gasteiger partial charge on any atom is 0.247 e. The van der Waals surface area contributed by atoms with Crippen LogP contribution in [0.3, 0.4) is 0 Å². The van der Waals surface area contributed by atoms with Crippen molar-refractivity contribution in [2.24, 2.45) is 5.41 Å². The Hall–Kier alpha value is -1.38. The van der Waals surface area contributed by atoms with E-state index in [0.29, 0.717) is 6.42 Å². The van der Waals surface area contributed by atoms with Crippen LogP contribution in [-0.4, -0.2) is 11.7 Å². The molecule has 3 nitrogen and oxygen atoms in total. The van der Waals surface area contributed by atoms with E-state index in [-0.39, 0.29) is 17.1 Å². The van der Waals surface area contributed by atoms with Gasteiger partial charge in [-0.05, 0) is 24.8 Å². The van der Waals surface area contributed by atoms with E-state index >= 15 is 0 Å². The van der Waals surface area contributed by atoms with E-state index in [1.807, 2.05) is 13.8 Å². The topological polar surface area (TPSA) is 46.2 Å². The van der Waals surface area contributed by atoms with Gasteiger partial charge in [-0.25, -0.2) is 0 Å². The fourth-order valence-electron chi connectivity index (χ4n) is 1.78. The van der Waals surface area contributed by atoms with E-state index in [4.69, 9.17) is 0 Å². The van der Waals surface area contributed by atoms with Gasteiger partial charge in [0.25, 0.3) is 0 Å². The Balaban J connectivity index is 2.70. The molecule has 0 saturated carbocycles. The lowest BCUT2D eigenvalue weighted by atomic mass is 9.79. The standard InChI is InChI=1S/C12H17NO2/c1-4-5-11(15)13-9-6-10(14)8-12(2,3)7-9/h4-6H,7-8H2,1-3H3,(H,13,15). The fourth-order valence-corrected chi connectivity index (χ4v) is 1.78. The monoisotopic (exact) mass is 207 g/mol. The van der Waals surface area contributed by atoms with Crippen molar-refractivity contribution < 1.29 is 9.59 Å². The summed E-state index contributed by atoms with van der Waals surface area (Å²) in [5, 5.41) is 2.72. The molecule has 0 aromatic carbocycles. The lowest BCUT2D eigenvalue weighted by Crippen LogP contribution is -2.30. The summed E-state index contributed by atoms with van der Waals surface area (Å²) in [7, 11) is 0. The average molecular weight is 207 g/mol. The predicted molar refractivity (Wildman–Crippen MR) is 59.1 cm³/mol. The van der Waals surface area contributed by atoms with Crippen molar-refractivity contribution in [2.45, 2.75) is 33.6 Å². The molecule has 15 heavy (non-hydrogen) atoms. The molecule has 0 fully saturated rings. The minimum atomic E-state index is -0.172. The number of ketones is 1. The summed E-state index contributed by atoms with van der Waals surface area (Å²) in [4.78, 5) is 22.7. The Morgan fingerprint density at radius 1 is 1.47 bits per heavy atom. The first-order chi connectivity index (χ1) is 6.93. The fraction of sp³-hybridized carbons (Fsp3) is 0.500. The molecule has 1 aliphatic carbocycles. The van der Waals surface area contributed by atoms with E-state index in [1.165, 1.54) is 12.2 Å². The zero-order chi connectivity index (χ0) is 11.5. The van der Waals surface area contributed by atoms with Crippen LogP contribution in [0, 0.1) is 5.41 Å². The zero-order valence-corrected chi connectivity index (χ0v) is 9.46. The highest BCUT2D eigenvalue weighted by atomic mass is 16.1. The van der Waals surface area contributed by atoms with Gasteiger partial charge >= 0.3 is 0 Å². The van der Waals surface area contributed by atoms with Crippen LogP contribution in [0.4, 0.5) is 0 Å². The molecule has 0 aliphatic heterocycles. The third-order valence-electron chi connectivity index (χ3n) is 2.26. The predicted octanol–water partition coefficient (Wildman–Crippen LogP) is 1.95. The molecule has 1 N–H and O–H groups in total. The first kappa shape index (κ1) is 11.7. The number of allylic oxidation sites excluding steroid dienone is 3. The van der Waals surface area contributed by atoms with Crippen LogP contribution in [-0.2, 0) is 9.59 Å². The minimum absolute atomic E-state index is 0.0512. The molecule has 1 rings (SSSR count). The van der Waals surface area contributed by atoms with Gasteiger partial charge in [-0.2, -0.15) is 0 Å². The lowest BCUT2D eigenvalue weighted by molar-refractivity contribution is -0.117. The number of nitrogens with one attached hydrogen (secondary N) is 1. The second kappa shape index (κ2) is 4.43. The number of carbonyl (C=O) groups is 2. The molecule has 0 saturated heterocycles. The van der Waals surface area contributed by atoms with E-state index in [0.717, 1.165) is 12.1 Å². The smallest absolute Gasteiger partial charge is 0.247 e. The van der Waals surface area contributed by atoms with Gasteiger partial charge < -0.3 is 5.32 Å². The van der Waals surface area contributed by atoms with Crippen LogP contribution in [0.5, 0.6) is 0 Å². The van der Waals surface area contributed by atoms with Gasteiger partial charge in [0, 0.05) is 18.2 Å². The highest BCUT2D eigenvalue weighted by Gasteiger charge is 2.27. The van der Waals surface area contributed by atoms with E-state index in [9.17, 15) is 9.59 Å². The molecule has 0 radical (unpaired) electrons. The van der Waals surface area contributed by atoms with Crippen molar-refractivity contribution in [1.82, 2.24) is 5.32 Å². The number of amides is 1. The maximum atomic E-state index is 11.4. The number of carbonyl (C=O) groups excluding carboxylic acids is 2. The summed E-state index contributed by atoms with van der Waals surface area (Å²) in [5.41, 5.74) is 0.670. The molecule has 3 heteroatoms. The quantitative estimate of drug-likeness (QED) is 0.703. The van der Waals surface area contributed by atoms with Crippen LogP contribution < -0.4 is 5.32 Å².